The van der Waals surface area contributed by atoms with Crippen molar-refractivity contribution >= 4 is 5.97 Å². The zero-order valence-electron chi connectivity index (χ0n) is 8.16. The molecule has 1 heterocycles. The van der Waals surface area contributed by atoms with Gasteiger partial charge >= 0.3 is 5.97 Å². The molecule has 0 saturated carbocycles. The Labute approximate surface area is 77.7 Å². The normalized spacial score (nSPS) is 27.3. The summed E-state index contributed by atoms with van der Waals surface area (Å²) in [5.74, 6) is -0.144. The molecule has 0 aliphatic carbocycles. The second-order valence-electron chi connectivity index (χ2n) is 3.11. The first-order valence-electron chi connectivity index (χ1n) is 4.41. The van der Waals surface area contributed by atoms with Gasteiger partial charge in [-0.1, -0.05) is 6.92 Å². The van der Waals surface area contributed by atoms with Gasteiger partial charge in [-0.05, 0) is 13.8 Å². The number of rotatable bonds is 2. The van der Waals surface area contributed by atoms with Crippen LogP contribution in [0.1, 0.15) is 20.8 Å². The zero-order chi connectivity index (χ0) is 10.0. The van der Waals surface area contributed by atoms with Crippen LogP contribution in [-0.4, -0.2) is 18.7 Å². The fraction of sp³-hybridized carbons (Fsp3) is 0.667. The molecule has 0 aromatic carbocycles. The van der Waals surface area contributed by atoms with E-state index in [0.717, 1.165) is 0 Å². The van der Waals surface area contributed by atoms with Crippen LogP contribution in [0.3, 0.4) is 0 Å². The number of ether oxygens (including phenoxy) is 2. The molecular weight excluding hydrogens is 170 g/mol. The Hall–Kier alpha value is -1.19. The van der Waals surface area contributed by atoms with Crippen LogP contribution in [-0.2, 0) is 14.3 Å². The summed E-state index contributed by atoms with van der Waals surface area (Å²) in [7, 11) is 0. The fourth-order valence-electron chi connectivity index (χ4n) is 1.32. The molecule has 2 atom stereocenters. The molecule has 0 aromatic heterocycles. The van der Waals surface area contributed by atoms with Gasteiger partial charge in [0.05, 0.1) is 6.61 Å². The second-order valence-corrected chi connectivity index (χ2v) is 3.11. The van der Waals surface area contributed by atoms with Gasteiger partial charge in [0.15, 0.2) is 5.88 Å². The average molecular weight is 185 g/mol. The third-order valence-electron chi connectivity index (χ3n) is 2.23. The van der Waals surface area contributed by atoms with Gasteiger partial charge < -0.3 is 15.2 Å². The monoisotopic (exact) mass is 185 g/mol. The van der Waals surface area contributed by atoms with Gasteiger partial charge in [-0.25, -0.2) is 4.79 Å². The van der Waals surface area contributed by atoms with Gasteiger partial charge in [-0.3, -0.25) is 0 Å². The molecule has 74 valence electrons. The Morgan fingerprint density at radius 3 is 2.62 bits per heavy atom. The van der Waals surface area contributed by atoms with Gasteiger partial charge in [0.2, 0.25) is 0 Å². The van der Waals surface area contributed by atoms with Crippen LogP contribution in [0.25, 0.3) is 0 Å². The predicted molar refractivity (Wildman–Crippen MR) is 47.6 cm³/mol. The Balaban J connectivity index is 2.78. The maximum atomic E-state index is 11.4. The van der Waals surface area contributed by atoms with Crippen molar-refractivity contribution in [3.63, 3.8) is 0 Å². The van der Waals surface area contributed by atoms with E-state index < -0.39 is 0 Å². The topological polar surface area (TPSA) is 61.5 Å². The van der Waals surface area contributed by atoms with Crippen molar-refractivity contribution in [2.75, 3.05) is 6.61 Å². The highest BCUT2D eigenvalue weighted by Gasteiger charge is 2.34. The Morgan fingerprint density at radius 2 is 2.23 bits per heavy atom. The smallest absolute Gasteiger partial charge is 0.339 e. The molecule has 2 N–H and O–H groups in total. The lowest BCUT2D eigenvalue weighted by Crippen LogP contribution is -2.17. The standard InChI is InChI=1S/C9H15NO3/c1-4-12-9(11)7-5(2)6(3)13-8(7)10/h5-6H,4,10H2,1-3H3. The second kappa shape index (κ2) is 3.68. The van der Waals surface area contributed by atoms with E-state index in [1.807, 2.05) is 13.8 Å². The van der Waals surface area contributed by atoms with Gasteiger partial charge in [0, 0.05) is 5.92 Å². The summed E-state index contributed by atoms with van der Waals surface area (Å²) in [5, 5.41) is 0. The van der Waals surface area contributed by atoms with E-state index in [-0.39, 0.29) is 23.9 Å². The lowest BCUT2D eigenvalue weighted by atomic mass is 9.99. The highest BCUT2D eigenvalue weighted by molar-refractivity contribution is 5.90. The molecule has 0 radical (unpaired) electrons. The van der Waals surface area contributed by atoms with Crippen LogP contribution in [0.5, 0.6) is 0 Å². The number of carbonyl (C=O) groups is 1. The third kappa shape index (κ3) is 1.76. The first kappa shape index (κ1) is 9.89. The number of hydrogen-bond acceptors (Lipinski definition) is 4. The molecule has 1 aliphatic rings. The molecule has 0 saturated heterocycles. The zero-order valence-corrected chi connectivity index (χ0v) is 8.16. The molecule has 13 heavy (non-hydrogen) atoms. The van der Waals surface area contributed by atoms with Gasteiger partial charge in [-0.2, -0.15) is 0 Å². The Bertz CT molecular complexity index is 247. The van der Waals surface area contributed by atoms with Crippen molar-refractivity contribution in [1.29, 1.82) is 0 Å². The third-order valence-corrected chi connectivity index (χ3v) is 2.23. The molecule has 0 bridgehead atoms. The quantitative estimate of drug-likeness (QED) is 0.645. The number of esters is 1. The summed E-state index contributed by atoms with van der Waals surface area (Å²) in [6, 6.07) is 0. The van der Waals surface area contributed by atoms with Crippen LogP contribution >= 0.6 is 0 Å². The first-order valence-corrected chi connectivity index (χ1v) is 4.41. The number of hydrogen-bond donors (Lipinski definition) is 1. The van der Waals surface area contributed by atoms with Crippen molar-refractivity contribution in [3.05, 3.63) is 11.5 Å². The van der Waals surface area contributed by atoms with Crippen molar-refractivity contribution in [3.8, 4) is 0 Å². The van der Waals surface area contributed by atoms with Gasteiger partial charge in [-0.15, -0.1) is 0 Å². The minimum absolute atomic E-state index is 0.0130. The molecule has 1 aliphatic heterocycles. The molecule has 0 fully saturated rings. The van der Waals surface area contributed by atoms with Crippen molar-refractivity contribution in [2.45, 2.75) is 26.9 Å². The van der Waals surface area contributed by atoms with E-state index in [1.165, 1.54) is 0 Å². The molecule has 0 spiro atoms. The summed E-state index contributed by atoms with van der Waals surface area (Å²) < 4.78 is 10.1. The lowest BCUT2D eigenvalue weighted by molar-refractivity contribution is -0.139. The molecule has 0 amide bonds. The summed E-state index contributed by atoms with van der Waals surface area (Å²) in [5.41, 5.74) is 6.01. The fourth-order valence-corrected chi connectivity index (χ4v) is 1.32. The van der Waals surface area contributed by atoms with E-state index in [9.17, 15) is 4.79 Å². The number of carbonyl (C=O) groups excluding carboxylic acids is 1. The van der Waals surface area contributed by atoms with E-state index in [1.54, 1.807) is 6.92 Å². The number of nitrogens with two attached hydrogens (primary N) is 1. The van der Waals surface area contributed by atoms with E-state index in [0.29, 0.717) is 12.2 Å². The average Bonchev–Trinajstić information content (AvgIpc) is 2.27. The predicted octanol–water partition coefficient (Wildman–Crippen LogP) is 0.775. The summed E-state index contributed by atoms with van der Waals surface area (Å²) in [4.78, 5) is 11.4. The van der Waals surface area contributed by atoms with Crippen molar-refractivity contribution in [1.82, 2.24) is 0 Å². The van der Waals surface area contributed by atoms with Crippen molar-refractivity contribution < 1.29 is 14.3 Å². The van der Waals surface area contributed by atoms with Crippen LogP contribution in [0.2, 0.25) is 0 Å². The SMILES string of the molecule is CCOC(=O)C1=C(N)OC(C)C1C. The van der Waals surface area contributed by atoms with Gasteiger partial charge in [0.1, 0.15) is 11.7 Å². The van der Waals surface area contributed by atoms with Crippen LogP contribution in [0, 0.1) is 5.92 Å². The molecule has 1 rings (SSSR count). The van der Waals surface area contributed by atoms with Crippen LogP contribution in [0.15, 0.2) is 11.5 Å². The Morgan fingerprint density at radius 1 is 1.62 bits per heavy atom. The molecule has 4 nitrogen and oxygen atoms in total. The van der Waals surface area contributed by atoms with Gasteiger partial charge in [0.25, 0.3) is 0 Å². The molecule has 4 heteroatoms. The molecular formula is C9H15NO3. The Kier molecular flexibility index (Phi) is 2.80. The maximum absolute atomic E-state index is 11.4. The summed E-state index contributed by atoms with van der Waals surface area (Å²) >= 11 is 0. The van der Waals surface area contributed by atoms with Crippen molar-refractivity contribution in [2.24, 2.45) is 11.7 Å². The lowest BCUT2D eigenvalue weighted by Gasteiger charge is -2.10. The van der Waals surface area contributed by atoms with E-state index in [4.69, 9.17) is 15.2 Å². The summed E-state index contributed by atoms with van der Waals surface area (Å²) in [6.07, 6.45) is -0.0422. The largest absolute Gasteiger partial charge is 0.475 e. The minimum atomic E-state index is -0.364. The molecule has 2 unspecified atom stereocenters. The maximum Gasteiger partial charge on any atom is 0.339 e. The van der Waals surface area contributed by atoms with E-state index in [2.05, 4.69) is 0 Å². The minimum Gasteiger partial charge on any atom is -0.475 e. The summed E-state index contributed by atoms with van der Waals surface area (Å²) in [6.45, 7) is 5.90. The first-order chi connectivity index (χ1) is 6.07. The van der Waals surface area contributed by atoms with E-state index >= 15 is 0 Å². The van der Waals surface area contributed by atoms with Crippen LogP contribution in [0.4, 0.5) is 0 Å². The highest BCUT2D eigenvalue weighted by Crippen LogP contribution is 2.28. The molecule has 0 aromatic rings. The van der Waals surface area contributed by atoms with Crippen LogP contribution < -0.4 is 5.73 Å². The highest BCUT2D eigenvalue weighted by atomic mass is 16.5.